The van der Waals surface area contributed by atoms with Gasteiger partial charge < -0.3 is 9.64 Å². The molecule has 11 heteroatoms. The summed E-state index contributed by atoms with van der Waals surface area (Å²) in [5.74, 6) is -0.0766. The lowest BCUT2D eigenvalue weighted by atomic mass is 10.1. The van der Waals surface area contributed by atoms with Crippen molar-refractivity contribution in [3.8, 4) is 18.1 Å². The molecule has 3 rings (SSSR count). The van der Waals surface area contributed by atoms with Crippen molar-refractivity contribution in [1.29, 1.82) is 0 Å². The van der Waals surface area contributed by atoms with Gasteiger partial charge in [0.25, 0.3) is 5.91 Å². The van der Waals surface area contributed by atoms with Gasteiger partial charge in [-0.25, -0.2) is 9.37 Å². The highest BCUT2D eigenvalue weighted by atomic mass is 32.1. The SMILES string of the molecule is C#Cc1nc(C(=O)N(c2cc(F)cc(OC)c2)C2CCN(CC(F)(F)F)C2=O)cs1. The number of benzene rings is 1. The van der Waals surface area contributed by atoms with E-state index in [1.165, 1.54) is 18.6 Å². The molecule has 158 valence electrons. The molecule has 1 aliphatic heterocycles. The van der Waals surface area contributed by atoms with Crippen LogP contribution >= 0.6 is 11.3 Å². The van der Waals surface area contributed by atoms with Gasteiger partial charge in [-0.2, -0.15) is 13.2 Å². The summed E-state index contributed by atoms with van der Waals surface area (Å²) in [5, 5.41) is 1.58. The number of anilines is 1. The molecule has 1 unspecified atom stereocenters. The summed E-state index contributed by atoms with van der Waals surface area (Å²) in [6.07, 6.45) is 0.620. The second-order valence-electron chi connectivity index (χ2n) is 6.39. The van der Waals surface area contributed by atoms with Gasteiger partial charge in [0.1, 0.15) is 29.8 Å². The summed E-state index contributed by atoms with van der Waals surface area (Å²) in [4.78, 5) is 31.4. The molecule has 1 aromatic carbocycles. The average Bonchev–Trinajstić information content (AvgIpc) is 3.29. The van der Waals surface area contributed by atoms with Crippen molar-refractivity contribution < 1.29 is 31.9 Å². The maximum atomic E-state index is 14.1. The van der Waals surface area contributed by atoms with E-state index in [0.29, 0.717) is 4.90 Å². The molecule has 1 aliphatic rings. The molecule has 0 spiro atoms. The number of rotatable bonds is 5. The topological polar surface area (TPSA) is 62.7 Å². The molecule has 0 aliphatic carbocycles. The lowest BCUT2D eigenvalue weighted by Crippen LogP contribution is -2.47. The van der Waals surface area contributed by atoms with E-state index in [1.54, 1.807) is 0 Å². The van der Waals surface area contributed by atoms with Gasteiger partial charge in [0.15, 0.2) is 5.01 Å². The number of ether oxygens (including phenoxy) is 1. The minimum atomic E-state index is -4.59. The molecule has 1 atom stereocenters. The van der Waals surface area contributed by atoms with Gasteiger partial charge in [0.05, 0.1) is 12.8 Å². The Morgan fingerprint density at radius 1 is 1.43 bits per heavy atom. The Kier molecular flexibility index (Phi) is 5.98. The molecule has 30 heavy (non-hydrogen) atoms. The zero-order valence-electron chi connectivity index (χ0n) is 15.6. The van der Waals surface area contributed by atoms with Crippen LogP contribution in [0.2, 0.25) is 0 Å². The number of alkyl halides is 3. The van der Waals surface area contributed by atoms with Crippen LogP contribution in [-0.2, 0) is 4.79 Å². The van der Waals surface area contributed by atoms with Gasteiger partial charge in [-0.3, -0.25) is 14.5 Å². The quantitative estimate of drug-likeness (QED) is 0.529. The van der Waals surface area contributed by atoms with Gasteiger partial charge >= 0.3 is 6.18 Å². The number of terminal acetylenes is 1. The Hall–Kier alpha value is -3.13. The number of thiazole rings is 1. The highest BCUT2D eigenvalue weighted by molar-refractivity contribution is 7.10. The van der Waals surface area contributed by atoms with Crippen molar-refractivity contribution in [2.45, 2.75) is 18.6 Å². The van der Waals surface area contributed by atoms with E-state index in [4.69, 9.17) is 11.2 Å². The molecule has 0 saturated carbocycles. The summed E-state index contributed by atoms with van der Waals surface area (Å²) in [6, 6.07) is 2.11. The summed E-state index contributed by atoms with van der Waals surface area (Å²) in [7, 11) is 1.29. The minimum absolute atomic E-state index is 0.0423. The normalized spacial score (nSPS) is 16.5. The van der Waals surface area contributed by atoms with Gasteiger partial charge in [-0.05, 0) is 18.4 Å². The highest BCUT2D eigenvalue weighted by Gasteiger charge is 2.44. The number of likely N-dealkylation sites (tertiary alicyclic amines) is 1. The van der Waals surface area contributed by atoms with E-state index < -0.39 is 36.4 Å². The monoisotopic (exact) mass is 441 g/mol. The molecule has 2 amide bonds. The van der Waals surface area contributed by atoms with E-state index in [2.05, 4.69) is 10.9 Å². The Morgan fingerprint density at radius 3 is 2.77 bits per heavy atom. The van der Waals surface area contributed by atoms with Crippen LogP contribution in [0, 0.1) is 18.2 Å². The lowest BCUT2D eigenvalue weighted by molar-refractivity contribution is -0.157. The van der Waals surface area contributed by atoms with E-state index in [9.17, 15) is 27.2 Å². The molecule has 2 heterocycles. The average molecular weight is 441 g/mol. The number of nitrogens with zero attached hydrogens (tertiary/aromatic N) is 3. The fraction of sp³-hybridized carbons (Fsp3) is 0.316. The van der Waals surface area contributed by atoms with Crippen LogP contribution in [0.5, 0.6) is 5.75 Å². The number of carbonyl (C=O) groups is 2. The van der Waals surface area contributed by atoms with E-state index in [1.807, 2.05) is 0 Å². The molecule has 1 fully saturated rings. The molecule has 0 radical (unpaired) electrons. The second kappa shape index (κ2) is 8.31. The Labute approximate surface area is 173 Å². The van der Waals surface area contributed by atoms with Crippen molar-refractivity contribution >= 4 is 28.8 Å². The van der Waals surface area contributed by atoms with Crippen molar-refractivity contribution in [3.63, 3.8) is 0 Å². The number of methoxy groups -OCH3 is 1. The fourth-order valence-electron chi connectivity index (χ4n) is 3.14. The van der Waals surface area contributed by atoms with Crippen LogP contribution in [-0.4, -0.2) is 54.1 Å². The number of amides is 2. The Balaban J connectivity index is 2.02. The molecule has 0 N–H and O–H groups in total. The van der Waals surface area contributed by atoms with Crippen molar-refractivity contribution in [1.82, 2.24) is 9.88 Å². The number of halogens is 4. The predicted molar refractivity (Wildman–Crippen MR) is 101 cm³/mol. The summed E-state index contributed by atoms with van der Waals surface area (Å²) in [6.45, 7) is -1.64. The lowest BCUT2D eigenvalue weighted by Gasteiger charge is -2.28. The number of hydrogen-bond donors (Lipinski definition) is 0. The molecule has 1 saturated heterocycles. The summed E-state index contributed by atoms with van der Waals surface area (Å²) in [5.41, 5.74) is -0.141. The number of hydrogen-bond acceptors (Lipinski definition) is 5. The maximum Gasteiger partial charge on any atom is 0.406 e. The standard InChI is InChI=1S/C19H15F4N3O3S/c1-3-16-24-14(9-30-16)17(27)26(12-6-11(20)7-13(8-12)29-2)15-4-5-25(18(15)28)10-19(21,22)23/h1,6-9,15H,4-5,10H2,2H3. The third-order valence-electron chi connectivity index (χ3n) is 4.39. The molecular weight excluding hydrogens is 426 g/mol. The van der Waals surface area contributed by atoms with Crippen LogP contribution in [0.15, 0.2) is 23.6 Å². The van der Waals surface area contributed by atoms with E-state index in [-0.39, 0.29) is 35.1 Å². The highest BCUT2D eigenvalue weighted by Crippen LogP contribution is 2.31. The third kappa shape index (κ3) is 4.54. The van der Waals surface area contributed by atoms with Crippen LogP contribution in [0.25, 0.3) is 0 Å². The van der Waals surface area contributed by atoms with Crippen molar-refractivity contribution in [2.75, 3.05) is 25.1 Å². The first-order valence-electron chi connectivity index (χ1n) is 8.58. The first kappa shape index (κ1) is 21.6. The van der Waals surface area contributed by atoms with Gasteiger partial charge in [-0.15, -0.1) is 17.8 Å². The van der Waals surface area contributed by atoms with Gasteiger partial charge in [0.2, 0.25) is 5.91 Å². The van der Waals surface area contributed by atoms with Crippen LogP contribution < -0.4 is 9.64 Å². The van der Waals surface area contributed by atoms with Crippen LogP contribution in [0.4, 0.5) is 23.2 Å². The molecule has 2 aromatic rings. The van der Waals surface area contributed by atoms with Crippen molar-refractivity contribution in [2.24, 2.45) is 0 Å². The maximum absolute atomic E-state index is 14.1. The molecular formula is C19H15F4N3O3S. The Morgan fingerprint density at radius 2 is 2.17 bits per heavy atom. The van der Waals surface area contributed by atoms with Crippen LogP contribution in [0.3, 0.4) is 0 Å². The van der Waals surface area contributed by atoms with Gasteiger partial charge in [0, 0.05) is 24.1 Å². The molecule has 0 bridgehead atoms. The molecule has 1 aromatic heterocycles. The largest absolute Gasteiger partial charge is 0.497 e. The first-order chi connectivity index (χ1) is 14.1. The first-order valence-corrected chi connectivity index (χ1v) is 9.46. The molecule has 6 nitrogen and oxygen atoms in total. The predicted octanol–water partition coefficient (Wildman–Crippen LogP) is 3.08. The van der Waals surface area contributed by atoms with Gasteiger partial charge in [-0.1, -0.05) is 0 Å². The second-order valence-corrected chi connectivity index (χ2v) is 7.24. The zero-order valence-corrected chi connectivity index (χ0v) is 16.4. The fourth-order valence-corrected chi connectivity index (χ4v) is 3.74. The number of carbonyl (C=O) groups excluding carboxylic acids is 2. The van der Waals surface area contributed by atoms with E-state index in [0.717, 1.165) is 28.4 Å². The van der Waals surface area contributed by atoms with Crippen molar-refractivity contribution in [3.05, 3.63) is 40.1 Å². The zero-order chi connectivity index (χ0) is 22.1. The smallest absolute Gasteiger partial charge is 0.406 e. The Bertz CT molecular complexity index is 1020. The summed E-state index contributed by atoms with van der Waals surface area (Å²) >= 11 is 1.02. The summed E-state index contributed by atoms with van der Waals surface area (Å²) < 4.78 is 57.4. The minimum Gasteiger partial charge on any atom is -0.497 e. The third-order valence-corrected chi connectivity index (χ3v) is 5.16. The van der Waals surface area contributed by atoms with E-state index >= 15 is 0 Å². The van der Waals surface area contributed by atoms with Crippen LogP contribution in [0.1, 0.15) is 21.9 Å². The number of aromatic nitrogens is 1.